The van der Waals surface area contributed by atoms with Gasteiger partial charge in [-0.15, -0.1) is 0 Å². The lowest BCUT2D eigenvalue weighted by molar-refractivity contribution is 0.398. The van der Waals surface area contributed by atoms with Crippen LogP contribution in [-0.2, 0) is 23.1 Å². The van der Waals surface area contributed by atoms with Gasteiger partial charge in [0.1, 0.15) is 11.6 Å². The zero-order valence-electron chi connectivity index (χ0n) is 18.2. The molecule has 0 spiro atoms. The Morgan fingerprint density at radius 2 is 1.67 bits per heavy atom. The van der Waals surface area contributed by atoms with Gasteiger partial charge in [0.05, 0.1) is 17.5 Å². The lowest BCUT2D eigenvalue weighted by Gasteiger charge is -2.22. The van der Waals surface area contributed by atoms with Crippen molar-refractivity contribution < 1.29 is 17.5 Å². The fourth-order valence-electron chi connectivity index (χ4n) is 3.65. The molecule has 0 saturated carbocycles. The number of hydrogen-bond acceptors (Lipinski definition) is 4. The molecule has 3 aromatic carbocycles. The molecule has 0 aliphatic heterocycles. The smallest absolute Gasteiger partial charge is 0.252 e. The summed E-state index contributed by atoms with van der Waals surface area (Å²) in [6.07, 6.45) is 0. The molecule has 0 bridgehead atoms. The normalized spacial score (nSPS) is 11.8. The van der Waals surface area contributed by atoms with Crippen molar-refractivity contribution in [2.75, 3.05) is 7.11 Å². The molecule has 0 saturated heterocycles. The molecular formula is C25H23FN2O4S. The summed E-state index contributed by atoms with van der Waals surface area (Å²) in [6.45, 7) is 1.77. The van der Waals surface area contributed by atoms with E-state index in [9.17, 15) is 17.6 Å². The monoisotopic (exact) mass is 466 g/mol. The van der Waals surface area contributed by atoms with Crippen LogP contribution in [0.15, 0.2) is 82.5 Å². The van der Waals surface area contributed by atoms with Gasteiger partial charge < -0.3 is 9.72 Å². The Morgan fingerprint density at radius 1 is 0.970 bits per heavy atom. The molecule has 0 unspecified atom stereocenters. The number of pyridine rings is 1. The van der Waals surface area contributed by atoms with Crippen molar-refractivity contribution in [3.63, 3.8) is 0 Å². The molecule has 0 radical (unpaired) electrons. The number of rotatable bonds is 7. The third-order valence-electron chi connectivity index (χ3n) is 5.48. The lowest BCUT2D eigenvalue weighted by atomic mass is 10.1. The fraction of sp³-hybridized carbons (Fsp3) is 0.160. The minimum atomic E-state index is -4.03. The highest BCUT2D eigenvalue weighted by Crippen LogP contribution is 2.23. The molecule has 0 aliphatic rings. The molecule has 1 N–H and O–H groups in total. The summed E-state index contributed by atoms with van der Waals surface area (Å²) in [4.78, 5) is 15.6. The molecule has 0 aliphatic carbocycles. The van der Waals surface area contributed by atoms with Gasteiger partial charge in [0.25, 0.3) is 5.56 Å². The van der Waals surface area contributed by atoms with Gasteiger partial charge in [0.15, 0.2) is 0 Å². The second kappa shape index (κ2) is 9.17. The molecule has 4 aromatic rings. The summed E-state index contributed by atoms with van der Waals surface area (Å²) in [5.74, 6) is 0.116. The van der Waals surface area contributed by atoms with Crippen molar-refractivity contribution in [3.05, 3.63) is 106 Å². The van der Waals surface area contributed by atoms with Crippen LogP contribution < -0.4 is 10.3 Å². The zero-order chi connectivity index (χ0) is 23.6. The first-order valence-corrected chi connectivity index (χ1v) is 11.7. The Hall–Kier alpha value is -3.49. The number of halogens is 1. The molecule has 8 heteroatoms. The number of para-hydroxylation sites is 1. The number of aryl methyl sites for hydroxylation is 1. The summed E-state index contributed by atoms with van der Waals surface area (Å²) in [5.41, 5.74) is 2.31. The van der Waals surface area contributed by atoms with Crippen LogP contribution in [0.3, 0.4) is 0 Å². The summed E-state index contributed by atoms with van der Waals surface area (Å²) in [5, 5.41) is 0.813. The first kappa shape index (κ1) is 22.7. The fourth-order valence-corrected chi connectivity index (χ4v) is 5.06. The molecular weight excluding hydrogens is 443 g/mol. The number of fused-ring (bicyclic) bond motifs is 1. The Balaban J connectivity index is 1.76. The van der Waals surface area contributed by atoms with Crippen molar-refractivity contribution in [2.45, 2.75) is 24.9 Å². The number of hydrogen-bond donors (Lipinski definition) is 1. The highest BCUT2D eigenvalue weighted by Gasteiger charge is 2.26. The largest absolute Gasteiger partial charge is 0.497 e. The van der Waals surface area contributed by atoms with E-state index >= 15 is 0 Å². The van der Waals surface area contributed by atoms with E-state index in [0.29, 0.717) is 16.8 Å². The Labute approximate surface area is 191 Å². The quantitative estimate of drug-likeness (QED) is 0.439. The van der Waals surface area contributed by atoms with Crippen molar-refractivity contribution in [3.8, 4) is 5.75 Å². The van der Waals surface area contributed by atoms with E-state index in [4.69, 9.17) is 4.74 Å². The van der Waals surface area contributed by atoms with Crippen LogP contribution >= 0.6 is 0 Å². The van der Waals surface area contributed by atoms with Gasteiger partial charge in [-0.1, -0.05) is 30.3 Å². The first-order chi connectivity index (χ1) is 15.8. The average Bonchev–Trinajstić information content (AvgIpc) is 2.80. The third-order valence-corrected chi connectivity index (χ3v) is 7.29. The predicted molar refractivity (Wildman–Crippen MR) is 125 cm³/mol. The average molecular weight is 467 g/mol. The molecule has 1 aromatic heterocycles. The third kappa shape index (κ3) is 4.81. The molecule has 170 valence electrons. The van der Waals surface area contributed by atoms with Crippen molar-refractivity contribution in [1.29, 1.82) is 0 Å². The van der Waals surface area contributed by atoms with Gasteiger partial charge in [-0.2, -0.15) is 4.31 Å². The number of nitrogens with one attached hydrogen (secondary N) is 1. The maximum Gasteiger partial charge on any atom is 0.252 e. The van der Waals surface area contributed by atoms with Crippen LogP contribution in [0.4, 0.5) is 4.39 Å². The number of ether oxygens (including phenoxy) is 1. The molecule has 6 nitrogen and oxygen atoms in total. The Bertz CT molecular complexity index is 1450. The summed E-state index contributed by atoms with van der Waals surface area (Å²) in [7, 11) is -2.48. The number of benzene rings is 3. The number of nitrogens with zero attached hydrogens (tertiary/aromatic N) is 1. The van der Waals surface area contributed by atoms with E-state index < -0.39 is 15.8 Å². The minimum absolute atomic E-state index is 0.0228. The van der Waals surface area contributed by atoms with Crippen LogP contribution in [0.25, 0.3) is 10.9 Å². The second-order valence-corrected chi connectivity index (χ2v) is 9.68. The van der Waals surface area contributed by atoms with E-state index in [2.05, 4.69) is 4.98 Å². The SMILES string of the molecule is COc1ccc(CN(Cc2cc3cccc(C)c3[nH]c2=O)S(=O)(=O)c2ccc(F)cc2)cc1. The van der Waals surface area contributed by atoms with Gasteiger partial charge in [0.2, 0.25) is 10.0 Å². The number of H-pyrrole nitrogens is 1. The molecule has 0 atom stereocenters. The predicted octanol–water partition coefficient (Wildman–Crippen LogP) is 4.38. The number of aromatic nitrogens is 1. The lowest BCUT2D eigenvalue weighted by Crippen LogP contribution is -2.32. The molecule has 1 heterocycles. The Kier molecular flexibility index (Phi) is 6.31. The number of aromatic amines is 1. The van der Waals surface area contributed by atoms with Crippen LogP contribution in [0, 0.1) is 12.7 Å². The second-order valence-electron chi connectivity index (χ2n) is 7.74. The molecule has 0 amide bonds. The van der Waals surface area contributed by atoms with E-state index in [-0.39, 0.29) is 23.5 Å². The number of methoxy groups -OCH3 is 1. The molecule has 33 heavy (non-hydrogen) atoms. The van der Waals surface area contributed by atoms with Gasteiger partial charge in [-0.05, 0) is 65.9 Å². The summed E-state index contributed by atoms with van der Waals surface area (Å²) in [6, 6.07) is 19.0. The minimum Gasteiger partial charge on any atom is -0.497 e. The summed E-state index contributed by atoms with van der Waals surface area (Å²) >= 11 is 0. The summed E-state index contributed by atoms with van der Waals surface area (Å²) < 4.78 is 46.7. The topological polar surface area (TPSA) is 79.5 Å². The first-order valence-electron chi connectivity index (χ1n) is 10.3. The van der Waals surface area contributed by atoms with Crippen LogP contribution in [0.1, 0.15) is 16.7 Å². The molecule has 4 rings (SSSR count). The van der Waals surface area contributed by atoms with Crippen molar-refractivity contribution in [1.82, 2.24) is 9.29 Å². The van der Waals surface area contributed by atoms with Crippen molar-refractivity contribution >= 4 is 20.9 Å². The van der Waals surface area contributed by atoms with Gasteiger partial charge in [-0.3, -0.25) is 4.79 Å². The number of sulfonamides is 1. The highest BCUT2D eigenvalue weighted by molar-refractivity contribution is 7.89. The highest BCUT2D eigenvalue weighted by atomic mass is 32.2. The van der Waals surface area contributed by atoms with Crippen molar-refractivity contribution in [2.24, 2.45) is 0 Å². The maximum atomic E-state index is 13.5. The van der Waals surface area contributed by atoms with E-state index in [0.717, 1.165) is 28.6 Å². The standard InChI is InChI=1S/C25H23FN2O4S/c1-17-4-3-5-19-14-20(25(29)27-24(17)19)16-28(15-18-6-10-22(32-2)11-7-18)33(30,31)23-12-8-21(26)9-13-23/h3-14H,15-16H2,1-2H3,(H,27,29). The van der Waals surface area contributed by atoms with Gasteiger partial charge >= 0.3 is 0 Å². The zero-order valence-corrected chi connectivity index (χ0v) is 19.0. The van der Waals surface area contributed by atoms with Crippen LogP contribution in [0.5, 0.6) is 5.75 Å². The van der Waals surface area contributed by atoms with E-state index in [1.54, 1.807) is 37.4 Å². The molecule has 0 fully saturated rings. The van der Waals surface area contributed by atoms with E-state index in [1.165, 1.54) is 16.4 Å². The van der Waals surface area contributed by atoms with E-state index in [1.807, 2.05) is 25.1 Å². The van der Waals surface area contributed by atoms with Gasteiger partial charge in [-0.25, -0.2) is 12.8 Å². The van der Waals surface area contributed by atoms with Gasteiger partial charge in [0, 0.05) is 18.7 Å². The Morgan fingerprint density at radius 3 is 2.33 bits per heavy atom. The maximum absolute atomic E-state index is 13.5. The van der Waals surface area contributed by atoms with Crippen LogP contribution in [0.2, 0.25) is 0 Å². The van der Waals surface area contributed by atoms with Crippen LogP contribution in [-0.4, -0.2) is 24.8 Å².